The van der Waals surface area contributed by atoms with Crippen molar-refractivity contribution in [3.63, 3.8) is 0 Å². The van der Waals surface area contributed by atoms with Crippen LogP contribution in [0.25, 0.3) is 33.2 Å². The molecule has 5 heteroatoms. The maximum atomic E-state index is 11.7. The molecule has 0 atom stereocenters. The molecule has 4 aromatic rings. The Hall–Kier alpha value is -3.14. The molecule has 5 rings (SSSR count). The van der Waals surface area contributed by atoms with Gasteiger partial charge in [-0.2, -0.15) is 0 Å². The number of pyridine rings is 2. The fraction of sp³-hybridized carbons (Fsp3) is 0.452. The number of allylic oxidation sites excluding steroid dienone is 2. The van der Waals surface area contributed by atoms with E-state index in [0.717, 1.165) is 55.2 Å². The molecule has 47 heavy (non-hydrogen) atoms. The SMILES string of the molecule is CC(C)c1ccc2c(n1)CCc1cnc(-c3[c-]c4ccccc4c(C(C)(C)C)c3)cc1-2.CCC(CC)C(=O)/C=C(\O)C(CC)CC.[Ir]. The van der Waals surface area contributed by atoms with E-state index in [1.54, 1.807) is 0 Å². The molecule has 0 spiro atoms. The van der Waals surface area contributed by atoms with E-state index in [4.69, 9.17) is 9.97 Å². The number of fused-ring (bicyclic) bond motifs is 4. The second kappa shape index (κ2) is 16.8. The van der Waals surface area contributed by atoms with Gasteiger partial charge in [-0.1, -0.05) is 104 Å². The fourth-order valence-corrected chi connectivity index (χ4v) is 6.38. The van der Waals surface area contributed by atoms with Crippen molar-refractivity contribution < 1.29 is 30.0 Å². The average molecular weight is 810 g/mol. The van der Waals surface area contributed by atoms with Gasteiger partial charge < -0.3 is 5.11 Å². The average Bonchev–Trinajstić information content (AvgIpc) is 3.04. The standard InChI is InChI=1S/C29H29N2.C13H24O2.Ir/c1-18(2)26-13-11-23-24-16-28(30-17-20(24)10-12-27(23)31-26)21-14-19-8-6-7-9-22(19)25(15-21)29(3,4)5;1-5-10(6-2)12(14)9-13(15)11(7-3)8-4;/h6-9,11,13,15-18H,10,12H2,1-5H3;9-11,14H,5-8H2,1-4H3;/q-1;;/b;12-9-;. The number of aliphatic hydroxyl groups is 1. The number of hydrogen-bond donors (Lipinski definition) is 1. The number of hydrogen-bond acceptors (Lipinski definition) is 4. The van der Waals surface area contributed by atoms with Crippen molar-refractivity contribution in [1.82, 2.24) is 9.97 Å². The van der Waals surface area contributed by atoms with Gasteiger partial charge >= 0.3 is 0 Å². The van der Waals surface area contributed by atoms with E-state index in [-0.39, 0.29) is 48.9 Å². The third-order valence-corrected chi connectivity index (χ3v) is 9.44. The number of aliphatic hydroxyl groups excluding tert-OH is 1. The Labute approximate surface area is 296 Å². The Morgan fingerprint density at radius 3 is 2.19 bits per heavy atom. The molecule has 253 valence electrons. The van der Waals surface area contributed by atoms with Crippen LogP contribution < -0.4 is 0 Å². The summed E-state index contributed by atoms with van der Waals surface area (Å²) in [6.07, 6.45) is 8.95. The van der Waals surface area contributed by atoms with Crippen LogP contribution in [-0.4, -0.2) is 20.9 Å². The van der Waals surface area contributed by atoms with Gasteiger partial charge in [-0.15, -0.1) is 29.1 Å². The Morgan fingerprint density at radius 1 is 0.915 bits per heavy atom. The van der Waals surface area contributed by atoms with Crippen LogP contribution in [0.2, 0.25) is 0 Å². The van der Waals surface area contributed by atoms with E-state index in [2.05, 4.69) is 95.4 Å². The topological polar surface area (TPSA) is 63.1 Å². The molecule has 0 amide bonds. The first-order chi connectivity index (χ1) is 21.9. The van der Waals surface area contributed by atoms with Gasteiger partial charge in [-0.05, 0) is 67.1 Å². The minimum Gasteiger partial charge on any atom is -0.512 e. The second-order valence-electron chi connectivity index (χ2n) is 14.0. The number of carbonyl (C=O) groups excluding carboxylic acids is 1. The minimum atomic E-state index is 0. The van der Waals surface area contributed by atoms with E-state index in [1.165, 1.54) is 45.1 Å². The largest absolute Gasteiger partial charge is 0.512 e. The first kappa shape index (κ1) is 38.3. The number of aryl methyl sites for hydroxylation is 2. The predicted octanol–water partition coefficient (Wildman–Crippen LogP) is 11.2. The molecule has 0 saturated carbocycles. The third kappa shape index (κ3) is 9.06. The summed E-state index contributed by atoms with van der Waals surface area (Å²) in [5.74, 6) is 0.994. The molecule has 0 aliphatic heterocycles. The van der Waals surface area contributed by atoms with Crippen molar-refractivity contribution in [1.29, 1.82) is 0 Å². The van der Waals surface area contributed by atoms with Crippen LogP contribution in [0.3, 0.4) is 0 Å². The smallest absolute Gasteiger partial charge is 0.162 e. The first-order valence-electron chi connectivity index (χ1n) is 17.3. The van der Waals surface area contributed by atoms with Crippen LogP contribution in [-0.2, 0) is 43.2 Å². The maximum absolute atomic E-state index is 11.7. The molecule has 0 bridgehead atoms. The molecule has 0 fully saturated rings. The summed E-state index contributed by atoms with van der Waals surface area (Å²) in [6.45, 7) is 19.3. The van der Waals surface area contributed by atoms with E-state index < -0.39 is 0 Å². The second-order valence-corrected chi connectivity index (χ2v) is 14.0. The number of ketones is 1. The summed E-state index contributed by atoms with van der Waals surface area (Å²) in [5.41, 5.74) is 9.65. The van der Waals surface area contributed by atoms with Gasteiger partial charge in [-0.25, -0.2) is 0 Å². The Kier molecular flexibility index (Phi) is 13.7. The van der Waals surface area contributed by atoms with E-state index in [1.807, 2.05) is 27.7 Å². The third-order valence-electron chi connectivity index (χ3n) is 9.44. The van der Waals surface area contributed by atoms with Gasteiger partial charge in [0.1, 0.15) is 0 Å². The number of benzene rings is 2. The maximum Gasteiger partial charge on any atom is 0.162 e. The Balaban J connectivity index is 0.000000322. The van der Waals surface area contributed by atoms with Crippen molar-refractivity contribution in [3.8, 4) is 22.4 Å². The van der Waals surface area contributed by atoms with Crippen LogP contribution in [0.5, 0.6) is 0 Å². The monoisotopic (exact) mass is 810 g/mol. The molecule has 4 nitrogen and oxygen atoms in total. The number of rotatable bonds is 9. The van der Waals surface area contributed by atoms with Gasteiger partial charge in [0.2, 0.25) is 0 Å². The molecule has 0 unspecified atom stereocenters. The molecule has 2 heterocycles. The van der Waals surface area contributed by atoms with Gasteiger partial charge in [0, 0.05) is 66.9 Å². The van der Waals surface area contributed by atoms with Crippen LogP contribution in [0, 0.1) is 17.9 Å². The zero-order valence-electron chi connectivity index (χ0n) is 29.8. The first-order valence-corrected chi connectivity index (χ1v) is 17.3. The summed E-state index contributed by atoms with van der Waals surface area (Å²) in [4.78, 5) is 21.5. The molecule has 1 aliphatic rings. The molecular formula is C42H53IrN2O2-. The molecular weight excluding hydrogens is 757 g/mol. The fourth-order valence-electron chi connectivity index (χ4n) is 6.38. The summed E-state index contributed by atoms with van der Waals surface area (Å²) >= 11 is 0. The Bertz CT molecular complexity index is 1690. The molecule has 2 aromatic heterocycles. The molecule has 1 aliphatic carbocycles. The van der Waals surface area contributed by atoms with Crippen LogP contribution >= 0.6 is 0 Å². The molecule has 2 aromatic carbocycles. The van der Waals surface area contributed by atoms with Crippen LogP contribution in [0.4, 0.5) is 0 Å². The van der Waals surface area contributed by atoms with Gasteiger partial charge in [0.05, 0.1) is 5.76 Å². The van der Waals surface area contributed by atoms with Crippen molar-refractivity contribution >= 4 is 16.6 Å². The van der Waals surface area contributed by atoms with Crippen molar-refractivity contribution in [2.75, 3.05) is 0 Å². The molecule has 1 N–H and O–H groups in total. The van der Waals surface area contributed by atoms with Crippen LogP contribution in [0.1, 0.15) is 116 Å². The number of carbonyl (C=O) groups is 1. The van der Waals surface area contributed by atoms with Gasteiger partial charge in [0.25, 0.3) is 0 Å². The van der Waals surface area contributed by atoms with Gasteiger partial charge in [0.15, 0.2) is 5.78 Å². The zero-order chi connectivity index (χ0) is 33.6. The number of aromatic nitrogens is 2. The summed E-state index contributed by atoms with van der Waals surface area (Å²) in [6, 6.07) is 21.1. The molecule has 1 radical (unpaired) electrons. The van der Waals surface area contributed by atoms with Crippen molar-refractivity contribution in [2.24, 2.45) is 11.8 Å². The summed E-state index contributed by atoms with van der Waals surface area (Å²) in [5, 5.41) is 12.2. The zero-order valence-corrected chi connectivity index (χ0v) is 32.2. The predicted molar refractivity (Wildman–Crippen MR) is 193 cm³/mol. The van der Waals surface area contributed by atoms with E-state index >= 15 is 0 Å². The van der Waals surface area contributed by atoms with Crippen LogP contribution in [0.15, 0.2) is 66.6 Å². The summed E-state index contributed by atoms with van der Waals surface area (Å²) < 4.78 is 0. The molecule has 0 saturated heterocycles. The van der Waals surface area contributed by atoms with E-state index in [9.17, 15) is 9.90 Å². The Morgan fingerprint density at radius 2 is 1.57 bits per heavy atom. The minimum absolute atomic E-state index is 0. The van der Waals surface area contributed by atoms with Crippen molar-refractivity contribution in [3.05, 3.63) is 95.1 Å². The van der Waals surface area contributed by atoms with Crippen molar-refractivity contribution in [2.45, 2.75) is 112 Å². The van der Waals surface area contributed by atoms with E-state index in [0.29, 0.717) is 5.92 Å². The van der Waals surface area contributed by atoms with Gasteiger partial charge in [-0.3, -0.25) is 14.8 Å². The normalized spacial score (nSPS) is 12.8. The quantitative estimate of drug-likeness (QED) is 0.104. The number of nitrogens with zero attached hydrogens (tertiary/aromatic N) is 2. The summed E-state index contributed by atoms with van der Waals surface area (Å²) in [7, 11) is 0.